The van der Waals surface area contributed by atoms with Gasteiger partial charge in [0.15, 0.2) is 15.5 Å². The molecule has 2 N–H and O–H groups in total. The molecule has 0 atom stereocenters. The summed E-state index contributed by atoms with van der Waals surface area (Å²) >= 11 is 0. The van der Waals surface area contributed by atoms with Crippen molar-refractivity contribution < 1.29 is 22.3 Å². The SMILES string of the molecule is COc1cc(S(C)(=O)=O)ccc1Nc1nc2cc(-c3ccc(NC(=O)Cc4ccc(F)cc4)cc3)ccn2n1. The number of hydrogen-bond acceptors (Lipinski definition) is 7. The van der Waals surface area contributed by atoms with Gasteiger partial charge in [-0.25, -0.2) is 17.3 Å². The van der Waals surface area contributed by atoms with Gasteiger partial charge < -0.3 is 15.4 Å². The Hall–Kier alpha value is -4.77. The highest BCUT2D eigenvalue weighted by atomic mass is 32.2. The topological polar surface area (TPSA) is 115 Å². The van der Waals surface area contributed by atoms with Gasteiger partial charge in [-0.2, -0.15) is 4.98 Å². The van der Waals surface area contributed by atoms with E-state index in [0.717, 1.165) is 22.9 Å². The second-order valence-corrected chi connectivity index (χ2v) is 10.9. The van der Waals surface area contributed by atoms with Gasteiger partial charge in [-0.3, -0.25) is 4.79 Å². The van der Waals surface area contributed by atoms with Crippen LogP contribution in [0.2, 0.25) is 0 Å². The minimum Gasteiger partial charge on any atom is -0.495 e. The maximum absolute atomic E-state index is 13.1. The van der Waals surface area contributed by atoms with Crippen LogP contribution in [0.4, 0.5) is 21.7 Å². The second kappa shape index (κ2) is 10.5. The summed E-state index contributed by atoms with van der Waals surface area (Å²) in [6.45, 7) is 0. The summed E-state index contributed by atoms with van der Waals surface area (Å²) in [4.78, 5) is 17.0. The number of aromatic nitrogens is 3. The van der Waals surface area contributed by atoms with Gasteiger partial charge in [0, 0.05) is 24.2 Å². The maximum Gasteiger partial charge on any atom is 0.247 e. The predicted molar refractivity (Wildman–Crippen MR) is 147 cm³/mol. The maximum atomic E-state index is 13.1. The van der Waals surface area contributed by atoms with Gasteiger partial charge in [0.05, 0.1) is 24.1 Å². The van der Waals surface area contributed by atoms with E-state index in [0.29, 0.717) is 28.7 Å². The highest BCUT2D eigenvalue weighted by Gasteiger charge is 2.14. The molecule has 0 bridgehead atoms. The second-order valence-electron chi connectivity index (χ2n) is 8.84. The van der Waals surface area contributed by atoms with Crippen LogP contribution in [0.3, 0.4) is 0 Å². The standard InChI is InChI=1S/C28H24FN5O4S/c1-38-25-17-23(39(2,36)37)11-12-24(25)31-28-32-26-16-20(13-14-34(26)33-28)19-5-9-22(10-6-19)30-27(35)15-18-3-7-21(29)8-4-18/h3-14,16-17H,15H2,1-2H3,(H,30,35)(H,31,33). The van der Waals surface area contributed by atoms with E-state index in [1.165, 1.54) is 31.4 Å². The Kier molecular flexibility index (Phi) is 6.99. The van der Waals surface area contributed by atoms with E-state index in [1.54, 1.807) is 28.9 Å². The molecular formula is C28H24FN5O4S. The average molecular weight is 546 g/mol. The summed E-state index contributed by atoms with van der Waals surface area (Å²) in [5.74, 6) is 0.133. The number of ether oxygens (including phenoxy) is 1. The lowest BCUT2D eigenvalue weighted by atomic mass is 10.1. The number of anilines is 3. The molecule has 1 amide bonds. The highest BCUT2D eigenvalue weighted by Crippen LogP contribution is 2.30. The van der Waals surface area contributed by atoms with E-state index in [2.05, 4.69) is 20.7 Å². The fourth-order valence-corrected chi connectivity index (χ4v) is 4.62. The van der Waals surface area contributed by atoms with Gasteiger partial charge in [0.1, 0.15) is 11.6 Å². The molecule has 0 saturated carbocycles. The average Bonchev–Trinajstić information content (AvgIpc) is 3.31. The van der Waals surface area contributed by atoms with E-state index >= 15 is 0 Å². The number of hydrogen-bond donors (Lipinski definition) is 2. The van der Waals surface area contributed by atoms with Crippen molar-refractivity contribution >= 4 is 38.7 Å². The van der Waals surface area contributed by atoms with Crippen molar-refractivity contribution in [3.05, 3.63) is 96.4 Å². The molecule has 3 aromatic carbocycles. The van der Waals surface area contributed by atoms with Crippen molar-refractivity contribution in [3.8, 4) is 16.9 Å². The van der Waals surface area contributed by atoms with Gasteiger partial charge in [0.25, 0.3) is 0 Å². The van der Waals surface area contributed by atoms with Crippen molar-refractivity contribution in [2.45, 2.75) is 11.3 Å². The van der Waals surface area contributed by atoms with E-state index in [9.17, 15) is 17.6 Å². The Morgan fingerprint density at radius 3 is 2.41 bits per heavy atom. The summed E-state index contributed by atoms with van der Waals surface area (Å²) in [5, 5.41) is 10.4. The first-order valence-corrected chi connectivity index (χ1v) is 13.7. The molecule has 2 aromatic heterocycles. The molecule has 0 unspecified atom stereocenters. The van der Waals surface area contributed by atoms with Gasteiger partial charge in [0.2, 0.25) is 11.9 Å². The van der Waals surface area contributed by atoms with E-state index in [4.69, 9.17) is 4.74 Å². The third kappa shape index (κ3) is 6.04. The van der Waals surface area contributed by atoms with E-state index in [-0.39, 0.29) is 23.0 Å². The number of pyridine rings is 1. The van der Waals surface area contributed by atoms with Crippen LogP contribution in [-0.2, 0) is 21.1 Å². The summed E-state index contributed by atoms with van der Waals surface area (Å²) < 4.78 is 43.7. The lowest BCUT2D eigenvalue weighted by Gasteiger charge is -2.10. The lowest BCUT2D eigenvalue weighted by molar-refractivity contribution is -0.115. The Morgan fingerprint density at radius 2 is 1.72 bits per heavy atom. The monoisotopic (exact) mass is 545 g/mol. The quantitative estimate of drug-likeness (QED) is 0.286. The fourth-order valence-electron chi connectivity index (χ4n) is 3.98. The van der Waals surface area contributed by atoms with Crippen LogP contribution in [0, 0.1) is 5.82 Å². The Morgan fingerprint density at radius 1 is 0.974 bits per heavy atom. The Labute approximate surface area is 224 Å². The van der Waals surface area contributed by atoms with Crippen molar-refractivity contribution in [2.24, 2.45) is 0 Å². The van der Waals surface area contributed by atoms with Gasteiger partial charge in [-0.05, 0) is 65.2 Å². The van der Waals surface area contributed by atoms with Crippen molar-refractivity contribution in [1.29, 1.82) is 0 Å². The van der Waals surface area contributed by atoms with Crippen LogP contribution >= 0.6 is 0 Å². The number of benzene rings is 3. The van der Waals surface area contributed by atoms with Gasteiger partial charge in [-0.15, -0.1) is 5.10 Å². The molecule has 0 radical (unpaired) electrons. The number of methoxy groups -OCH3 is 1. The largest absolute Gasteiger partial charge is 0.495 e. The number of carbonyl (C=O) groups is 1. The summed E-state index contributed by atoms with van der Waals surface area (Å²) in [6, 6.07) is 21.6. The van der Waals surface area contributed by atoms with Gasteiger partial charge >= 0.3 is 0 Å². The molecule has 2 heterocycles. The number of amides is 1. The van der Waals surface area contributed by atoms with Crippen LogP contribution in [-0.4, -0.2) is 42.3 Å². The zero-order valence-electron chi connectivity index (χ0n) is 21.1. The number of nitrogens with zero attached hydrogens (tertiary/aromatic N) is 3. The molecule has 11 heteroatoms. The minimum atomic E-state index is -3.38. The molecule has 198 valence electrons. The Balaban J connectivity index is 1.29. The molecule has 0 aliphatic carbocycles. The molecule has 5 aromatic rings. The third-order valence-electron chi connectivity index (χ3n) is 5.97. The Bertz CT molecular complexity index is 1770. The van der Waals surface area contributed by atoms with Crippen molar-refractivity contribution in [3.63, 3.8) is 0 Å². The molecule has 9 nitrogen and oxygen atoms in total. The smallest absolute Gasteiger partial charge is 0.247 e. The van der Waals surface area contributed by atoms with Crippen LogP contribution < -0.4 is 15.4 Å². The van der Waals surface area contributed by atoms with Crippen molar-refractivity contribution in [1.82, 2.24) is 14.6 Å². The first kappa shape index (κ1) is 25.9. The number of sulfone groups is 1. The summed E-state index contributed by atoms with van der Waals surface area (Å²) in [6.07, 6.45) is 3.07. The number of rotatable bonds is 8. The molecule has 0 saturated heterocycles. The van der Waals surface area contributed by atoms with Crippen LogP contribution in [0.1, 0.15) is 5.56 Å². The zero-order chi connectivity index (χ0) is 27.6. The number of halogens is 1. The van der Waals surface area contributed by atoms with Crippen LogP contribution in [0.5, 0.6) is 5.75 Å². The molecule has 0 spiro atoms. The molecule has 0 aliphatic heterocycles. The third-order valence-corrected chi connectivity index (χ3v) is 7.08. The molecule has 0 aliphatic rings. The minimum absolute atomic E-state index is 0.148. The fraction of sp³-hybridized carbons (Fsp3) is 0.107. The summed E-state index contributed by atoms with van der Waals surface area (Å²) in [7, 11) is -1.92. The van der Waals surface area contributed by atoms with Gasteiger partial charge in [-0.1, -0.05) is 24.3 Å². The molecular weight excluding hydrogens is 521 g/mol. The van der Waals surface area contributed by atoms with Crippen LogP contribution in [0.15, 0.2) is 90.0 Å². The van der Waals surface area contributed by atoms with E-state index in [1.807, 2.05) is 36.4 Å². The molecule has 5 rings (SSSR count). The number of nitrogens with one attached hydrogen (secondary N) is 2. The predicted octanol–water partition coefficient (Wildman–Crippen LogP) is 4.87. The number of carbonyl (C=O) groups excluding carboxylic acids is 1. The first-order valence-electron chi connectivity index (χ1n) is 11.8. The molecule has 39 heavy (non-hydrogen) atoms. The zero-order valence-corrected chi connectivity index (χ0v) is 21.9. The number of fused-ring (bicyclic) bond motifs is 1. The first-order chi connectivity index (χ1) is 18.7. The molecule has 0 fully saturated rings. The van der Waals surface area contributed by atoms with E-state index < -0.39 is 9.84 Å². The summed E-state index contributed by atoms with van der Waals surface area (Å²) in [5.41, 5.74) is 4.32. The normalized spacial score (nSPS) is 11.4. The highest BCUT2D eigenvalue weighted by molar-refractivity contribution is 7.90. The lowest BCUT2D eigenvalue weighted by Crippen LogP contribution is -2.14. The van der Waals surface area contributed by atoms with Crippen molar-refractivity contribution in [2.75, 3.05) is 24.0 Å². The van der Waals surface area contributed by atoms with Crippen LogP contribution in [0.25, 0.3) is 16.8 Å².